The van der Waals surface area contributed by atoms with E-state index in [0.717, 1.165) is 11.4 Å². The van der Waals surface area contributed by atoms with E-state index in [1.807, 2.05) is 19.0 Å². The molecule has 2 aromatic rings. The quantitative estimate of drug-likeness (QED) is 0.673. The van der Waals surface area contributed by atoms with Crippen molar-refractivity contribution < 1.29 is 18.8 Å². The summed E-state index contributed by atoms with van der Waals surface area (Å²) in [7, 11) is 3.90. The molecule has 10 heteroatoms. The van der Waals surface area contributed by atoms with Gasteiger partial charge in [-0.15, -0.1) is 0 Å². The summed E-state index contributed by atoms with van der Waals surface area (Å²) < 4.78 is 14.9. The number of aromatic nitrogens is 2. The summed E-state index contributed by atoms with van der Waals surface area (Å²) in [5.74, 6) is -1.55. The number of urea groups is 1. The summed E-state index contributed by atoms with van der Waals surface area (Å²) in [4.78, 5) is 40.3. The van der Waals surface area contributed by atoms with Gasteiger partial charge < -0.3 is 15.5 Å². The van der Waals surface area contributed by atoms with E-state index in [1.54, 1.807) is 10.9 Å². The zero-order valence-electron chi connectivity index (χ0n) is 16.5. The van der Waals surface area contributed by atoms with Crippen LogP contribution in [0.5, 0.6) is 0 Å². The Morgan fingerprint density at radius 1 is 1.28 bits per heavy atom. The van der Waals surface area contributed by atoms with Gasteiger partial charge in [-0.2, -0.15) is 5.10 Å². The molecule has 0 bridgehead atoms. The molecule has 1 aromatic heterocycles. The third kappa shape index (κ3) is 4.43. The van der Waals surface area contributed by atoms with Gasteiger partial charge >= 0.3 is 6.03 Å². The van der Waals surface area contributed by atoms with Crippen LogP contribution >= 0.6 is 0 Å². The maximum absolute atomic E-state index is 13.2. The largest absolute Gasteiger partial charge is 0.325 e. The Kier molecular flexibility index (Phi) is 5.64. The lowest BCUT2D eigenvalue weighted by atomic mass is 9.92. The van der Waals surface area contributed by atoms with Crippen LogP contribution in [-0.2, 0) is 21.7 Å². The van der Waals surface area contributed by atoms with Gasteiger partial charge in [-0.05, 0) is 38.7 Å². The second kappa shape index (κ2) is 8.00. The predicted octanol–water partition coefficient (Wildman–Crippen LogP) is 0.989. The Morgan fingerprint density at radius 3 is 2.62 bits per heavy atom. The summed E-state index contributed by atoms with van der Waals surface area (Å²) >= 11 is 0. The van der Waals surface area contributed by atoms with Crippen LogP contribution in [0.15, 0.2) is 36.7 Å². The Morgan fingerprint density at radius 2 is 1.97 bits per heavy atom. The van der Waals surface area contributed by atoms with E-state index >= 15 is 0 Å². The number of anilines is 1. The van der Waals surface area contributed by atoms with E-state index in [4.69, 9.17) is 0 Å². The maximum atomic E-state index is 13.2. The molecule has 1 aliphatic rings. The molecule has 0 saturated carbocycles. The van der Waals surface area contributed by atoms with E-state index in [1.165, 1.54) is 37.4 Å². The van der Waals surface area contributed by atoms with Crippen LogP contribution in [0.3, 0.4) is 0 Å². The maximum Gasteiger partial charge on any atom is 0.325 e. The fourth-order valence-electron chi connectivity index (χ4n) is 3.02. The molecule has 1 unspecified atom stereocenters. The number of hydrogen-bond acceptors (Lipinski definition) is 5. The molecule has 0 radical (unpaired) electrons. The Bertz CT molecular complexity index is 926. The van der Waals surface area contributed by atoms with Gasteiger partial charge in [0.25, 0.3) is 5.91 Å². The number of hydrogen-bond donors (Lipinski definition) is 2. The normalized spacial score (nSPS) is 19.0. The Labute approximate surface area is 167 Å². The van der Waals surface area contributed by atoms with Gasteiger partial charge in [0.2, 0.25) is 5.91 Å². The van der Waals surface area contributed by atoms with Gasteiger partial charge in [-0.1, -0.05) is 12.1 Å². The van der Waals surface area contributed by atoms with Crippen molar-refractivity contribution in [3.8, 4) is 0 Å². The molecular weight excluding hydrogens is 379 g/mol. The molecule has 2 N–H and O–H groups in total. The van der Waals surface area contributed by atoms with Crippen LogP contribution in [-0.4, -0.2) is 64.6 Å². The number of benzene rings is 1. The van der Waals surface area contributed by atoms with Crippen molar-refractivity contribution in [2.24, 2.45) is 0 Å². The molecule has 1 saturated heterocycles. The number of amides is 4. The number of nitrogens with zero attached hydrogens (tertiary/aromatic N) is 4. The van der Waals surface area contributed by atoms with Crippen molar-refractivity contribution in [3.05, 3.63) is 48.0 Å². The van der Waals surface area contributed by atoms with Crippen molar-refractivity contribution in [2.75, 3.05) is 32.5 Å². The number of halogens is 1. The first-order valence-corrected chi connectivity index (χ1v) is 9.06. The van der Waals surface area contributed by atoms with Crippen LogP contribution < -0.4 is 10.6 Å². The monoisotopic (exact) mass is 402 g/mol. The van der Waals surface area contributed by atoms with E-state index in [9.17, 15) is 18.8 Å². The molecule has 4 amide bonds. The predicted molar refractivity (Wildman–Crippen MR) is 103 cm³/mol. The zero-order chi connectivity index (χ0) is 21.2. The third-order valence-corrected chi connectivity index (χ3v) is 4.69. The smallest absolute Gasteiger partial charge is 0.322 e. The third-order valence-electron chi connectivity index (χ3n) is 4.69. The van der Waals surface area contributed by atoms with E-state index in [-0.39, 0.29) is 0 Å². The first kappa shape index (κ1) is 20.5. The highest BCUT2D eigenvalue weighted by molar-refractivity contribution is 6.10. The summed E-state index contributed by atoms with van der Waals surface area (Å²) in [6.45, 7) is 2.53. The van der Waals surface area contributed by atoms with Crippen molar-refractivity contribution in [1.29, 1.82) is 0 Å². The first-order chi connectivity index (χ1) is 13.7. The van der Waals surface area contributed by atoms with Crippen molar-refractivity contribution in [3.63, 3.8) is 0 Å². The second-order valence-corrected chi connectivity index (χ2v) is 7.30. The van der Waals surface area contributed by atoms with Gasteiger partial charge in [0.15, 0.2) is 0 Å². The number of imide groups is 1. The van der Waals surface area contributed by atoms with E-state index < -0.39 is 35.7 Å². The van der Waals surface area contributed by atoms with Gasteiger partial charge in [0.1, 0.15) is 17.9 Å². The SMILES string of the molecule is CN(C)CCn1cc(NC(=O)CN2C(=O)NC(C)(c3ccc(F)cc3)C2=O)cn1. The molecule has 9 nitrogen and oxygen atoms in total. The molecule has 1 aromatic carbocycles. The number of likely N-dealkylation sites (N-methyl/N-ethyl adjacent to an activating group) is 1. The number of carbonyl (C=O) groups is 3. The molecule has 1 fully saturated rings. The van der Waals surface area contributed by atoms with Gasteiger partial charge in [-0.3, -0.25) is 19.2 Å². The molecule has 154 valence electrons. The number of carbonyl (C=O) groups excluding carboxylic acids is 3. The van der Waals surface area contributed by atoms with Crippen LogP contribution in [0.1, 0.15) is 12.5 Å². The molecule has 1 atom stereocenters. The zero-order valence-corrected chi connectivity index (χ0v) is 16.5. The number of nitrogens with one attached hydrogen (secondary N) is 2. The van der Waals surface area contributed by atoms with E-state index in [0.29, 0.717) is 17.8 Å². The van der Waals surface area contributed by atoms with Crippen LogP contribution in [0.25, 0.3) is 0 Å². The fourth-order valence-corrected chi connectivity index (χ4v) is 3.02. The number of rotatable bonds is 7. The average Bonchev–Trinajstić information content (AvgIpc) is 3.19. The highest BCUT2D eigenvalue weighted by Gasteiger charge is 2.49. The van der Waals surface area contributed by atoms with Gasteiger partial charge in [0.05, 0.1) is 18.4 Å². The molecule has 2 heterocycles. The van der Waals surface area contributed by atoms with Crippen LogP contribution in [0, 0.1) is 5.82 Å². The van der Waals surface area contributed by atoms with Crippen molar-refractivity contribution >= 4 is 23.5 Å². The average molecular weight is 402 g/mol. The van der Waals surface area contributed by atoms with Gasteiger partial charge in [0, 0.05) is 12.7 Å². The topological polar surface area (TPSA) is 99.6 Å². The molecule has 29 heavy (non-hydrogen) atoms. The minimum Gasteiger partial charge on any atom is -0.322 e. The second-order valence-electron chi connectivity index (χ2n) is 7.30. The summed E-state index contributed by atoms with van der Waals surface area (Å²) in [5, 5.41) is 9.37. The first-order valence-electron chi connectivity index (χ1n) is 9.06. The van der Waals surface area contributed by atoms with Gasteiger partial charge in [-0.25, -0.2) is 9.18 Å². The van der Waals surface area contributed by atoms with Crippen LogP contribution in [0.2, 0.25) is 0 Å². The fraction of sp³-hybridized carbons (Fsp3) is 0.368. The summed E-state index contributed by atoms with van der Waals surface area (Å²) in [6, 6.07) is 4.60. The molecule has 0 aliphatic carbocycles. The standard InChI is InChI=1S/C19H23FN6O3/c1-19(13-4-6-14(20)7-5-13)17(28)26(18(29)23-19)12-16(27)22-15-10-21-25(11-15)9-8-24(2)3/h4-7,10-11H,8-9,12H2,1-3H3,(H,22,27)(H,23,29). The summed E-state index contributed by atoms with van der Waals surface area (Å²) in [6.07, 6.45) is 3.18. The molecule has 0 spiro atoms. The molecular formula is C19H23FN6O3. The van der Waals surface area contributed by atoms with E-state index in [2.05, 4.69) is 15.7 Å². The Balaban J connectivity index is 1.64. The minimum atomic E-state index is -1.36. The molecule has 1 aliphatic heterocycles. The highest BCUT2D eigenvalue weighted by Crippen LogP contribution is 2.28. The van der Waals surface area contributed by atoms with Crippen molar-refractivity contribution in [2.45, 2.75) is 19.0 Å². The lowest BCUT2D eigenvalue weighted by Crippen LogP contribution is -2.42. The minimum absolute atomic E-state index is 0.433. The molecule has 3 rings (SSSR count). The highest BCUT2D eigenvalue weighted by atomic mass is 19.1. The lowest BCUT2D eigenvalue weighted by molar-refractivity contribution is -0.133. The lowest BCUT2D eigenvalue weighted by Gasteiger charge is -2.22. The van der Waals surface area contributed by atoms with Crippen LogP contribution in [0.4, 0.5) is 14.9 Å². The Hall–Kier alpha value is -3.27. The summed E-state index contributed by atoms with van der Waals surface area (Å²) in [5.41, 5.74) is -0.452. The van der Waals surface area contributed by atoms with Crippen molar-refractivity contribution in [1.82, 2.24) is 24.9 Å².